The number of benzene rings is 2. The van der Waals surface area contributed by atoms with Crippen LogP contribution in [0.3, 0.4) is 0 Å². The van der Waals surface area contributed by atoms with Crippen LogP contribution in [0.15, 0.2) is 65.7 Å². The average molecular weight is 389 g/mol. The molecule has 7 nitrogen and oxygen atoms in total. The molecule has 0 bridgehead atoms. The Labute approximate surface area is 167 Å². The van der Waals surface area contributed by atoms with Gasteiger partial charge in [0.05, 0.1) is 25.5 Å². The SMILES string of the molecule is COC(=O)c1cn(-c2cccc(OC)c2)cc2c(=O)n(-c3ccccc3C)nc1-2. The minimum Gasteiger partial charge on any atom is -0.497 e. The fourth-order valence-electron chi connectivity index (χ4n) is 3.25. The van der Waals surface area contributed by atoms with E-state index in [1.54, 1.807) is 24.1 Å². The number of aromatic nitrogens is 3. The third-order valence-corrected chi connectivity index (χ3v) is 4.77. The lowest BCUT2D eigenvalue weighted by Gasteiger charge is -2.12. The van der Waals surface area contributed by atoms with Crippen molar-refractivity contribution < 1.29 is 14.3 Å². The van der Waals surface area contributed by atoms with Gasteiger partial charge in [-0.15, -0.1) is 0 Å². The predicted molar refractivity (Wildman–Crippen MR) is 108 cm³/mol. The van der Waals surface area contributed by atoms with Crippen molar-refractivity contribution in [2.75, 3.05) is 14.2 Å². The Balaban J connectivity index is 2.00. The Bertz CT molecular complexity index is 1240. The van der Waals surface area contributed by atoms with E-state index in [0.29, 0.717) is 22.7 Å². The molecule has 0 amide bonds. The van der Waals surface area contributed by atoms with Crippen molar-refractivity contribution in [3.8, 4) is 28.4 Å². The highest BCUT2D eigenvalue weighted by Crippen LogP contribution is 2.26. The number of pyridine rings is 1. The molecule has 0 unspecified atom stereocenters. The summed E-state index contributed by atoms with van der Waals surface area (Å²) in [5.41, 5.74) is 2.81. The zero-order chi connectivity index (χ0) is 20.5. The number of para-hydroxylation sites is 1. The zero-order valence-corrected chi connectivity index (χ0v) is 16.2. The largest absolute Gasteiger partial charge is 0.497 e. The Morgan fingerprint density at radius 1 is 1.03 bits per heavy atom. The summed E-state index contributed by atoms with van der Waals surface area (Å²) in [7, 11) is 2.88. The molecular formula is C22H19N3O4. The quantitative estimate of drug-likeness (QED) is 0.501. The van der Waals surface area contributed by atoms with Crippen molar-refractivity contribution in [2.24, 2.45) is 0 Å². The van der Waals surface area contributed by atoms with E-state index in [4.69, 9.17) is 9.47 Å². The van der Waals surface area contributed by atoms with Crippen LogP contribution in [0.4, 0.5) is 0 Å². The third-order valence-electron chi connectivity index (χ3n) is 4.77. The van der Waals surface area contributed by atoms with Gasteiger partial charge in [-0.05, 0) is 30.7 Å². The minimum absolute atomic E-state index is 0.206. The number of carbonyl (C=O) groups excluding carboxylic acids is 1. The topological polar surface area (TPSA) is 75.3 Å². The summed E-state index contributed by atoms with van der Waals surface area (Å²) in [4.78, 5) is 25.6. The number of aryl methyl sites for hydroxylation is 1. The number of hydrogen-bond donors (Lipinski definition) is 0. The summed E-state index contributed by atoms with van der Waals surface area (Å²) in [6.07, 6.45) is 3.28. The summed E-state index contributed by atoms with van der Waals surface area (Å²) in [5.74, 6) is 0.0920. The van der Waals surface area contributed by atoms with Crippen LogP contribution >= 0.6 is 0 Å². The molecule has 2 heterocycles. The van der Waals surface area contributed by atoms with E-state index < -0.39 is 5.97 Å². The normalized spacial score (nSPS) is 10.9. The molecule has 0 saturated heterocycles. The number of carbonyl (C=O) groups is 1. The molecule has 0 aliphatic carbocycles. The van der Waals surface area contributed by atoms with Crippen LogP contribution in [-0.2, 0) is 4.74 Å². The number of nitrogens with zero attached hydrogens (tertiary/aromatic N) is 3. The molecule has 4 rings (SSSR count). The van der Waals surface area contributed by atoms with Gasteiger partial charge in [0.25, 0.3) is 5.56 Å². The summed E-state index contributed by atoms with van der Waals surface area (Å²) >= 11 is 0. The summed E-state index contributed by atoms with van der Waals surface area (Å²) in [5, 5.41) is 4.45. The molecule has 2 aromatic rings. The molecule has 2 aliphatic heterocycles. The molecular weight excluding hydrogens is 370 g/mol. The van der Waals surface area contributed by atoms with Crippen molar-refractivity contribution >= 4 is 5.97 Å². The molecule has 0 spiro atoms. The van der Waals surface area contributed by atoms with Gasteiger partial charge in [0.1, 0.15) is 17.0 Å². The van der Waals surface area contributed by atoms with Gasteiger partial charge < -0.3 is 14.0 Å². The molecule has 146 valence electrons. The van der Waals surface area contributed by atoms with Gasteiger partial charge in [-0.25, -0.2) is 4.79 Å². The van der Waals surface area contributed by atoms with Crippen molar-refractivity contribution in [1.29, 1.82) is 0 Å². The first kappa shape index (κ1) is 18.5. The van der Waals surface area contributed by atoms with E-state index in [0.717, 1.165) is 11.3 Å². The van der Waals surface area contributed by atoms with Crippen molar-refractivity contribution in [2.45, 2.75) is 6.92 Å². The van der Waals surface area contributed by atoms with E-state index in [1.165, 1.54) is 11.8 Å². The average Bonchev–Trinajstić information content (AvgIpc) is 3.09. The van der Waals surface area contributed by atoms with Crippen LogP contribution in [0.2, 0.25) is 0 Å². The summed E-state index contributed by atoms with van der Waals surface area (Å²) < 4.78 is 13.2. The maximum atomic E-state index is 13.2. The number of rotatable bonds is 4. The smallest absolute Gasteiger partial charge is 0.341 e. The second-order valence-corrected chi connectivity index (χ2v) is 6.54. The van der Waals surface area contributed by atoms with Crippen LogP contribution in [0.5, 0.6) is 5.75 Å². The standard InChI is InChI=1S/C22H19N3O4/c1-14-7-4-5-10-19(14)25-21(26)17-12-24(15-8-6-9-16(11-15)28-2)13-18(20(17)23-25)22(27)29-3/h4-13H,1-3H3. The van der Waals surface area contributed by atoms with E-state index >= 15 is 0 Å². The van der Waals surface area contributed by atoms with Crippen LogP contribution < -0.4 is 10.3 Å². The second kappa shape index (κ2) is 7.27. The van der Waals surface area contributed by atoms with E-state index in [-0.39, 0.29) is 11.1 Å². The van der Waals surface area contributed by atoms with Crippen molar-refractivity contribution in [1.82, 2.24) is 14.3 Å². The Morgan fingerprint density at radius 2 is 1.83 bits per heavy atom. The van der Waals surface area contributed by atoms with Crippen LogP contribution in [-0.4, -0.2) is 34.5 Å². The minimum atomic E-state index is -0.568. The van der Waals surface area contributed by atoms with E-state index in [1.807, 2.05) is 55.5 Å². The number of methoxy groups -OCH3 is 2. The number of esters is 1. The monoisotopic (exact) mass is 389 g/mol. The molecule has 2 aliphatic rings. The molecule has 0 fully saturated rings. The number of ether oxygens (including phenoxy) is 2. The lowest BCUT2D eigenvalue weighted by atomic mass is 10.1. The molecule has 0 saturated carbocycles. The summed E-state index contributed by atoms with van der Waals surface area (Å²) in [6.45, 7) is 1.90. The molecule has 0 N–H and O–H groups in total. The first-order chi connectivity index (χ1) is 14.0. The maximum absolute atomic E-state index is 13.2. The van der Waals surface area contributed by atoms with E-state index in [2.05, 4.69) is 5.10 Å². The fourth-order valence-corrected chi connectivity index (χ4v) is 3.25. The number of fused-ring (bicyclic) bond motifs is 1. The lowest BCUT2D eigenvalue weighted by Crippen LogP contribution is -2.16. The Hall–Kier alpha value is -3.87. The summed E-state index contributed by atoms with van der Waals surface area (Å²) in [6, 6.07) is 14.8. The van der Waals surface area contributed by atoms with Gasteiger partial charge in [0, 0.05) is 24.1 Å². The molecule has 7 heteroatoms. The first-order valence-corrected chi connectivity index (χ1v) is 8.97. The highest BCUT2D eigenvalue weighted by molar-refractivity contribution is 5.96. The van der Waals surface area contributed by atoms with Gasteiger partial charge in [-0.1, -0.05) is 24.3 Å². The van der Waals surface area contributed by atoms with Crippen molar-refractivity contribution in [3.05, 3.63) is 82.4 Å². The third kappa shape index (κ3) is 3.16. The Kier molecular flexibility index (Phi) is 4.64. The lowest BCUT2D eigenvalue weighted by molar-refractivity contribution is 0.0600. The highest BCUT2D eigenvalue weighted by Gasteiger charge is 2.25. The van der Waals surface area contributed by atoms with Gasteiger partial charge in [-0.3, -0.25) is 4.79 Å². The highest BCUT2D eigenvalue weighted by atomic mass is 16.5. The maximum Gasteiger partial charge on any atom is 0.341 e. The Morgan fingerprint density at radius 3 is 2.55 bits per heavy atom. The fraction of sp³-hybridized carbons (Fsp3) is 0.136. The van der Waals surface area contributed by atoms with E-state index in [9.17, 15) is 9.59 Å². The van der Waals surface area contributed by atoms with Crippen LogP contribution in [0.25, 0.3) is 22.6 Å². The van der Waals surface area contributed by atoms with Crippen LogP contribution in [0.1, 0.15) is 15.9 Å². The van der Waals surface area contributed by atoms with Gasteiger partial charge in [0.2, 0.25) is 0 Å². The van der Waals surface area contributed by atoms with Gasteiger partial charge in [0.15, 0.2) is 0 Å². The first-order valence-electron chi connectivity index (χ1n) is 8.97. The van der Waals surface area contributed by atoms with Gasteiger partial charge in [-0.2, -0.15) is 9.78 Å². The zero-order valence-electron chi connectivity index (χ0n) is 16.2. The predicted octanol–water partition coefficient (Wildman–Crippen LogP) is 3.23. The molecule has 29 heavy (non-hydrogen) atoms. The second-order valence-electron chi connectivity index (χ2n) is 6.54. The van der Waals surface area contributed by atoms with Crippen molar-refractivity contribution in [3.63, 3.8) is 0 Å². The number of hydrogen-bond acceptors (Lipinski definition) is 5. The molecule has 0 radical (unpaired) electrons. The molecule has 0 atom stereocenters. The van der Waals surface area contributed by atoms with Crippen LogP contribution in [0, 0.1) is 6.92 Å². The van der Waals surface area contributed by atoms with Gasteiger partial charge >= 0.3 is 5.97 Å². The molecule has 2 aromatic carbocycles. The molecule has 0 aromatic heterocycles.